The first-order valence-corrected chi connectivity index (χ1v) is 10.3. The number of aliphatic hydroxyl groups excluding tert-OH is 1. The van der Waals surface area contributed by atoms with Crippen molar-refractivity contribution >= 4 is 15.9 Å². The molecule has 0 unspecified atom stereocenters. The van der Waals surface area contributed by atoms with E-state index in [4.69, 9.17) is 0 Å². The van der Waals surface area contributed by atoms with Gasteiger partial charge in [0.1, 0.15) is 5.82 Å². The summed E-state index contributed by atoms with van der Waals surface area (Å²) in [5.41, 5.74) is 3.38. The van der Waals surface area contributed by atoms with Crippen molar-refractivity contribution in [3.8, 4) is 0 Å². The van der Waals surface area contributed by atoms with Crippen LogP contribution in [0.3, 0.4) is 0 Å². The van der Waals surface area contributed by atoms with Crippen LogP contribution in [0, 0.1) is 6.92 Å². The number of hydrogen-bond acceptors (Lipinski definition) is 6. The highest BCUT2D eigenvalue weighted by atomic mass is 32.2. The maximum Gasteiger partial charge on any atom is 0.317 e. The average Bonchev–Trinajstić information content (AvgIpc) is 3.10. The monoisotopic (exact) mass is 368 g/mol. The number of aliphatic hydroxyl groups is 1. The zero-order chi connectivity index (χ0) is 18.2. The highest BCUT2D eigenvalue weighted by Crippen LogP contribution is 2.22. The molecule has 0 bridgehead atoms. The molecule has 2 atom stereocenters. The number of nitrogens with zero attached hydrogens (tertiary/aromatic N) is 3. The third kappa shape index (κ3) is 3.92. The first-order valence-electron chi connectivity index (χ1n) is 8.51. The van der Waals surface area contributed by atoms with E-state index in [1.165, 1.54) is 17.5 Å². The van der Waals surface area contributed by atoms with Crippen LogP contribution in [0.25, 0.3) is 0 Å². The van der Waals surface area contributed by atoms with Gasteiger partial charge in [-0.2, -0.15) is 0 Å². The van der Waals surface area contributed by atoms with Gasteiger partial charge in [0, 0.05) is 31.4 Å². The Kier molecular flexibility index (Phi) is 4.97. The van der Waals surface area contributed by atoms with Crippen LogP contribution in [-0.4, -0.2) is 71.7 Å². The summed E-state index contributed by atoms with van der Waals surface area (Å²) in [6.07, 6.45) is 2.61. The minimum absolute atomic E-state index is 0.203. The van der Waals surface area contributed by atoms with Crippen LogP contribution in [0.1, 0.15) is 29.2 Å². The fourth-order valence-corrected chi connectivity index (χ4v) is 5.38. The van der Waals surface area contributed by atoms with Gasteiger partial charge >= 0.3 is 6.03 Å². The van der Waals surface area contributed by atoms with Gasteiger partial charge in [0.25, 0.3) is 0 Å². The van der Waals surface area contributed by atoms with Crippen LogP contribution < -0.4 is 5.32 Å². The molecule has 1 aliphatic heterocycles. The Labute approximate surface area is 147 Å². The molecule has 3 rings (SSSR count). The third-order valence-electron chi connectivity index (χ3n) is 4.92. The van der Waals surface area contributed by atoms with Crippen molar-refractivity contribution in [1.82, 2.24) is 20.2 Å². The lowest BCUT2D eigenvalue weighted by Gasteiger charge is -2.26. The number of nitrogens with one attached hydrogen (secondary N) is 1. The van der Waals surface area contributed by atoms with Crippen molar-refractivity contribution in [2.45, 2.75) is 44.8 Å². The molecular weight excluding hydrogens is 344 g/mol. The summed E-state index contributed by atoms with van der Waals surface area (Å²) < 4.78 is 23.1. The summed E-state index contributed by atoms with van der Waals surface area (Å²) in [7, 11) is -1.79. The quantitative estimate of drug-likeness (QED) is 0.749. The molecule has 1 aromatic rings. The van der Waals surface area contributed by atoms with E-state index in [1.807, 2.05) is 6.92 Å². The normalized spacial score (nSPS) is 24.1. The Bertz CT molecular complexity index is 781. The molecule has 1 fully saturated rings. The second kappa shape index (κ2) is 6.87. The minimum Gasteiger partial charge on any atom is -0.390 e. The fraction of sp³-hybridized carbons (Fsp3) is 0.688. The first kappa shape index (κ1) is 18.1. The molecule has 8 nitrogen and oxygen atoms in total. The largest absolute Gasteiger partial charge is 0.390 e. The van der Waals surface area contributed by atoms with E-state index in [-0.39, 0.29) is 11.5 Å². The minimum atomic E-state index is -3.29. The van der Waals surface area contributed by atoms with Gasteiger partial charge in [0.05, 0.1) is 23.7 Å². The lowest BCUT2D eigenvalue weighted by Crippen LogP contribution is -2.48. The number of urea groups is 1. The van der Waals surface area contributed by atoms with E-state index >= 15 is 0 Å². The molecule has 2 aliphatic rings. The SMILES string of the molecule is Cc1nc(CCNC(=O)N(C)[C@@H]2CS(=O)(=O)C[C@H]2O)nc2c1CCC2. The smallest absolute Gasteiger partial charge is 0.317 e. The Hall–Kier alpha value is -1.74. The number of fused-ring (bicyclic) bond motifs is 1. The lowest BCUT2D eigenvalue weighted by molar-refractivity contribution is 0.110. The molecule has 25 heavy (non-hydrogen) atoms. The summed E-state index contributed by atoms with van der Waals surface area (Å²) in [5, 5.41) is 12.6. The topological polar surface area (TPSA) is 112 Å². The van der Waals surface area contributed by atoms with Crippen molar-refractivity contribution in [2.75, 3.05) is 25.1 Å². The van der Waals surface area contributed by atoms with E-state index in [2.05, 4.69) is 15.3 Å². The van der Waals surface area contributed by atoms with Crippen molar-refractivity contribution < 1.29 is 18.3 Å². The molecule has 1 aliphatic carbocycles. The summed E-state index contributed by atoms with van der Waals surface area (Å²) in [5.74, 6) is 0.215. The number of amides is 2. The van der Waals surface area contributed by atoms with Crippen LogP contribution in [-0.2, 0) is 29.1 Å². The molecule has 0 aromatic carbocycles. The predicted octanol–water partition coefficient (Wildman–Crippen LogP) is -0.384. The number of sulfone groups is 1. The molecule has 1 saturated heterocycles. The van der Waals surface area contributed by atoms with Crippen molar-refractivity contribution in [1.29, 1.82) is 0 Å². The lowest BCUT2D eigenvalue weighted by atomic mass is 10.2. The second-order valence-corrected chi connectivity index (χ2v) is 8.96. The van der Waals surface area contributed by atoms with Crippen LogP contribution in [0.5, 0.6) is 0 Å². The predicted molar refractivity (Wildman–Crippen MR) is 92.1 cm³/mol. The molecule has 0 spiro atoms. The average molecular weight is 368 g/mol. The van der Waals surface area contributed by atoms with E-state index < -0.39 is 28.0 Å². The molecular formula is C16H24N4O4S. The molecule has 9 heteroatoms. The Morgan fingerprint density at radius 1 is 1.32 bits per heavy atom. The van der Waals surface area contributed by atoms with Gasteiger partial charge < -0.3 is 15.3 Å². The summed E-state index contributed by atoms with van der Waals surface area (Å²) in [4.78, 5) is 22.5. The number of rotatable bonds is 4. The Balaban J connectivity index is 1.54. The molecule has 2 amide bonds. The Morgan fingerprint density at radius 3 is 2.76 bits per heavy atom. The zero-order valence-corrected chi connectivity index (χ0v) is 15.3. The standard InChI is InChI=1S/C16H24N4O4S/c1-10-11-4-3-5-12(11)19-15(18-10)6-7-17-16(22)20(2)13-8-25(23,24)9-14(13)21/h13-14,21H,3-9H2,1-2H3,(H,17,22)/t13-,14-/m1/s1. The van der Waals surface area contributed by atoms with Crippen molar-refractivity contribution in [2.24, 2.45) is 0 Å². The number of hydrogen-bond donors (Lipinski definition) is 2. The maximum atomic E-state index is 12.2. The van der Waals surface area contributed by atoms with Gasteiger partial charge in [-0.3, -0.25) is 0 Å². The van der Waals surface area contributed by atoms with Crippen LogP contribution in [0.2, 0.25) is 0 Å². The summed E-state index contributed by atoms with van der Waals surface area (Å²) in [6.45, 7) is 2.35. The van der Waals surface area contributed by atoms with E-state index in [9.17, 15) is 18.3 Å². The fourth-order valence-electron chi connectivity index (χ4n) is 3.53. The van der Waals surface area contributed by atoms with Crippen molar-refractivity contribution in [3.63, 3.8) is 0 Å². The van der Waals surface area contributed by atoms with Crippen molar-refractivity contribution in [3.05, 3.63) is 22.8 Å². The number of carbonyl (C=O) groups excluding carboxylic acids is 1. The number of aromatic nitrogens is 2. The molecule has 138 valence electrons. The van der Waals surface area contributed by atoms with Crippen LogP contribution in [0.15, 0.2) is 0 Å². The van der Waals surface area contributed by atoms with Crippen LogP contribution >= 0.6 is 0 Å². The highest BCUT2D eigenvalue weighted by molar-refractivity contribution is 7.91. The summed E-state index contributed by atoms with van der Waals surface area (Å²) in [6, 6.07) is -1.11. The van der Waals surface area contributed by atoms with Gasteiger partial charge in [-0.1, -0.05) is 0 Å². The summed E-state index contributed by atoms with van der Waals surface area (Å²) >= 11 is 0. The van der Waals surface area contributed by atoms with Gasteiger partial charge in [-0.25, -0.2) is 23.2 Å². The molecule has 1 aromatic heterocycles. The Morgan fingerprint density at radius 2 is 2.08 bits per heavy atom. The van der Waals surface area contributed by atoms with Gasteiger partial charge in [-0.05, 0) is 31.7 Å². The van der Waals surface area contributed by atoms with E-state index in [1.54, 1.807) is 0 Å². The van der Waals surface area contributed by atoms with Gasteiger partial charge in [0.2, 0.25) is 0 Å². The van der Waals surface area contributed by atoms with Gasteiger partial charge in [0.15, 0.2) is 9.84 Å². The zero-order valence-electron chi connectivity index (χ0n) is 14.5. The molecule has 0 radical (unpaired) electrons. The molecule has 2 N–H and O–H groups in total. The molecule has 0 saturated carbocycles. The van der Waals surface area contributed by atoms with E-state index in [0.29, 0.717) is 18.8 Å². The van der Waals surface area contributed by atoms with Crippen LogP contribution in [0.4, 0.5) is 4.79 Å². The van der Waals surface area contributed by atoms with Gasteiger partial charge in [-0.15, -0.1) is 0 Å². The second-order valence-electron chi connectivity index (χ2n) is 6.81. The van der Waals surface area contributed by atoms with E-state index in [0.717, 1.165) is 30.7 Å². The number of aryl methyl sites for hydroxylation is 2. The third-order valence-corrected chi connectivity index (χ3v) is 6.62. The highest BCUT2D eigenvalue weighted by Gasteiger charge is 2.40. The number of likely N-dealkylation sites (N-methyl/N-ethyl adjacent to an activating group) is 1. The maximum absolute atomic E-state index is 12.2. The molecule has 2 heterocycles. The first-order chi connectivity index (χ1) is 11.8. The number of carbonyl (C=O) groups is 1.